The molecule has 0 bridgehead atoms. The van der Waals surface area contributed by atoms with Crippen LogP contribution in [0, 0.1) is 0 Å². The molecule has 26 heavy (non-hydrogen) atoms. The van der Waals surface area contributed by atoms with E-state index in [2.05, 4.69) is 40.6 Å². The summed E-state index contributed by atoms with van der Waals surface area (Å²) in [6.07, 6.45) is 3.59. The van der Waals surface area contributed by atoms with E-state index in [0.29, 0.717) is 17.7 Å². The molecular formula is C22H24N2O2. The third-order valence-corrected chi connectivity index (χ3v) is 4.55. The van der Waals surface area contributed by atoms with Crippen molar-refractivity contribution in [3.63, 3.8) is 0 Å². The number of ketones is 1. The summed E-state index contributed by atoms with van der Waals surface area (Å²) < 4.78 is 0. The van der Waals surface area contributed by atoms with Gasteiger partial charge in [0, 0.05) is 44.2 Å². The number of hydrogen-bond donors (Lipinski definition) is 1. The topological polar surface area (TPSA) is 49.4 Å². The molecule has 1 amide bonds. The van der Waals surface area contributed by atoms with Gasteiger partial charge >= 0.3 is 0 Å². The number of rotatable bonds is 6. The average molecular weight is 348 g/mol. The quantitative estimate of drug-likeness (QED) is 0.633. The zero-order valence-corrected chi connectivity index (χ0v) is 15.1. The van der Waals surface area contributed by atoms with Gasteiger partial charge in [-0.3, -0.25) is 14.5 Å². The molecule has 1 heterocycles. The number of benzene rings is 2. The number of carbonyl (C=O) groups is 2. The Bertz CT molecular complexity index is 795. The van der Waals surface area contributed by atoms with Crippen LogP contribution in [0.5, 0.6) is 0 Å². The molecular weight excluding hydrogens is 324 g/mol. The van der Waals surface area contributed by atoms with Crippen molar-refractivity contribution in [2.24, 2.45) is 0 Å². The summed E-state index contributed by atoms with van der Waals surface area (Å²) in [6, 6.07) is 17.5. The molecule has 0 saturated heterocycles. The highest BCUT2D eigenvalue weighted by Crippen LogP contribution is 2.19. The lowest BCUT2D eigenvalue weighted by Crippen LogP contribution is -2.28. The normalized spacial score (nSPS) is 14.6. The zero-order chi connectivity index (χ0) is 18.4. The predicted molar refractivity (Wildman–Crippen MR) is 104 cm³/mol. The van der Waals surface area contributed by atoms with Crippen molar-refractivity contribution in [1.29, 1.82) is 0 Å². The minimum absolute atomic E-state index is 0.114. The molecule has 1 aliphatic rings. The maximum atomic E-state index is 12.5. The molecule has 2 aromatic rings. The first-order valence-corrected chi connectivity index (χ1v) is 8.95. The number of hydrogen-bond acceptors (Lipinski definition) is 3. The van der Waals surface area contributed by atoms with Gasteiger partial charge in [0.05, 0.1) is 0 Å². The summed E-state index contributed by atoms with van der Waals surface area (Å²) in [6.45, 7) is 4.29. The maximum absolute atomic E-state index is 12.5. The Morgan fingerprint density at radius 1 is 1.04 bits per heavy atom. The Morgan fingerprint density at radius 3 is 2.38 bits per heavy atom. The van der Waals surface area contributed by atoms with E-state index in [4.69, 9.17) is 0 Å². The maximum Gasteiger partial charge on any atom is 0.221 e. The van der Waals surface area contributed by atoms with E-state index in [0.717, 1.165) is 26.1 Å². The number of anilines is 1. The number of carbonyl (C=O) groups excluding carboxylic acids is 2. The molecule has 0 radical (unpaired) electrons. The lowest BCUT2D eigenvalue weighted by atomic mass is 9.98. The SMILES string of the molecule is CC(=O)Nc1ccc(C(=O)CC2=CCN(Cc3ccccc3)CC2)cc1. The minimum atomic E-state index is -0.114. The first-order chi connectivity index (χ1) is 12.6. The van der Waals surface area contributed by atoms with Gasteiger partial charge in [0.1, 0.15) is 0 Å². The van der Waals surface area contributed by atoms with Gasteiger partial charge in [0.15, 0.2) is 5.78 Å². The average Bonchev–Trinajstić information content (AvgIpc) is 2.64. The number of Topliss-reactive ketones (excluding diaryl/α,β-unsaturated/α-hetero) is 1. The Balaban J connectivity index is 1.52. The van der Waals surface area contributed by atoms with Gasteiger partial charge in [-0.05, 0) is 36.2 Å². The fourth-order valence-corrected chi connectivity index (χ4v) is 3.15. The van der Waals surface area contributed by atoms with Crippen LogP contribution in [0.3, 0.4) is 0 Å². The molecule has 0 aliphatic carbocycles. The van der Waals surface area contributed by atoms with Crippen LogP contribution in [0.1, 0.15) is 35.7 Å². The summed E-state index contributed by atoms with van der Waals surface area (Å²) >= 11 is 0. The molecule has 4 heteroatoms. The summed E-state index contributed by atoms with van der Waals surface area (Å²) in [4.78, 5) is 25.9. The lowest BCUT2D eigenvalue weighted by molar-refractivity contribution is -0.114. The van der Waals surface area contributed by atoms with Gasteiger partial charge in [0.2, 0.25) is 5.91 Å². The van der Waals surface area contributed by atoms with E-state index in [1.54, 1.807) is 24.3 Å². The molecule has 0 aromatic heterocycles. The number of amides is 1. The molecule has 4 nitrogen and oxygen atoms in total. The van der Waals surface area contributed by atoms with Gasteiger partial charge in [-0.15, -0.1) is 0 Å². The third kappa shape index (κ3) is 5.14. The van der Waals surface area contributed by atoms with Crippen LogP contribution in [0.15, 0.2) is 66.2 Å². The summed E-state index contributed by atoms with van der Waals surface area (Å²) in [5, 5.41) is 2.71. The van der Waals surface area contributed by atoms with Crippen LogP contribution < -0.4 is 5.32 Å². The van der Waals surface area contributed by atoms with Crippen molar-refractivity contribution in [2.75, 3.05) is 18.4 Å². The highest BCUT2D eigenvalue weighted by Gasteiger charge is 2.15. The minimum Gasteiger partial charge on any atom is -0.326 e. The molecule has 0 fully saturated rings. The first-order valence-electron chi connectivity index (χ1n) is 8.95. The lowest BCUT2D eigenvalue weighted by Gasteiger charge is -2.26. The number of nitrogens with one attached hydrogen (secondary N) is 1. The smallest absolute Gasteiger partial charge is 0.221 e. The Kier molecular flexibility index (Phi) is 5.97. The van der Waals surface area contributed by atoms with E-state index in [-0.39, 0.29) is 11.7 Å². The molecule has 0 spiro atoms. The van der Waals surface area contributed by atoms with E-state index in [1.165, 1.54) is 18.1 Å². The third-order valence-electron chi connectivity index (χ3n) is 4.55. The standard InChI is InChI=1S/C22H24N2O2/c1-17(25)23-21-9-7-20(8-10-21)22(26)15-18-11-13-24(14-12-18)16-19-5-3-2-4-6-19/h2-11H,12-16H2,1H3,(H,23,25). The molecule has 1 N–H and O–H groups in total. The highest BCUT2D eigenvalue weighted by atomic mass is 16.1. The molecule has 0 atom stereocenters. The van der Waals surface area contributed by atoms with E-state index >= 15 is 0 Å². The molecule has 0 saturated carbocycles. The fraction of sp³-hybridized carbons (Fsp3) is 0.273. The van der Waals surface area contributed by atoms with Crippen molar-refractivity contribution in [1.82, 2.24) is 4.90 Å². The molecule has 134 valence electrons. The van der Waals surface area contributed by atoms with Crippen LogP contribution >= 0.6 is 0 Å². The highest BCUT2D eigenvalue weighted by molar-refractivity contribution is 5.98. The van der Waals surface area contributed by atoms with Gasteiger partial charge in [-0.1, -0.05) is 42.0 Å². The Morgan fingerprint density at radius 2 is 1.77 bits per heavy atom. The second kappa shape index (κ2) is 8.59. The predicted octanol–water partition coefficient (Wildman–Crippen LogP) is 4.05. The van der Waals surface area contributed by atoms with Crippen molar-refractivity contribution < 1.29 is 9.59 Å². The fourth-order valence-electron chi connectivity index (χ4n) is 3.15. The zero-order valence-electron chi connectivity index (χ0n) is 15.1. The van der Waals surface area contributed by atoms with E-state index in [1.807, 2.05) is 6.07 Å². The molecule has 3 rings (SSSR count). The van der Waals surface area contributed by atoms with Crippen molar-refractivity contribution in [3.05, 3.63) is 77.4 Å². The summed E-state index contributed by atoms with van der Waals surface area (Å²) in [7, 11) is 0. The van der Waals surface area contributed by atoms with Crippen molar-refractivity contribution in [2.45, 2.75) is 26.3 Å². The Hall–Kier alpha value is -2.72. The van der Waals surface area contributed by atoms with Crippen LogP contribution in [0.2, 0.25) is 0 Å². The van der Waals surface area contributed by atoms with Crippen LogP contribution in [0.4, 0.5) is 5.69 Å². The largest absolute Gasteiger partial charge is 0.326 e. The summed E-state index contributed by atoms with van der Waals surface area (Å²) in [5.41, 5.74) is 3.93. The van der Waals surface area contributed by atoms with Gasteiger partial charge < -0.3 is 5.32 Å². The van der Waals surface area contributed by atoms with Crippen LogP contribution in [-0.2, 0) is 11.3 Å². The molecule has 1 aliphatic heterocycles. The summed E-state index contributed by atoms with van der Waals surface area (Å²) in [5.74, 6) is 0.0126. The molecule has 2 aromatic carbocycles. The van der Waals surface area contributed by atoms with Crippen molar-refractivity contribution >= 4 is 17.4 Å². The van der Waals surface area contributed by atoms with Crippen LogP contribution in [-0.4, -0.2) is 29.7 Å². The van der Waals surface area contributed by atoms with Gasteiger partial charge in [-0.25, -0.2) is 0 Å². The van der Waals surface area contributed by atoms with E-state index in [9.17, 15) is 9.59 Å². The Labute approximate surface area is 154 Å². The van der Waals surface area contributed by atoms with Crippen molar-refractivity contribution in [3.8, 4) is 0 Å². The second-order valence-electron chi connectivity index (χ2n) is 6.69. The van der Waals surface area contributed by atoms with Crippen LogP contribution in [0.25, 0.3) is 0 Å². The van der Waals surface area contributed by atoms with E-state index < -0.39 is 0 Å². The second-order valence-corrected chi connectivity index (χ2v) is 6.69. The number of nitrogens with zero attached hydrogens (tertiary/aromatic N) is 1. The monoisotopic (exact) mass is 348 g/mol. The van der Waals surface area contributed by atoms with Gasteiger partial charge in [-0.2, -0.15) is 0 Å². The van der Waals surface area contributed by atoms with Gasteiger partial charge in [0.25, 0.3) is 0 Å². The molecule has 0 unspecified atom stereocenters. The first kappa shape index (κ1) is 18.1.